The molecule has 1 heterocycles. The molecule has 0 aromatic carbocycles. The van der Waals surface area contributed by atoms with Crippen LogP contribution in [0.4, 0.5) is 0 Å². The molecule has 2 aliphatic carbocycles. The summed E-state index contributed by atoms with van der Waals surface area (Å²) in [5.41, 5.74) is 0. The average Bonchev–Trinajstić information content (AvgIpc) is 2.95. The fraction of sp³-hybridized carbons (Fsp3) is 0.882. The summed E-state index contributed by atoms with van der Waals surface area (Å²) in [5, 5.41) is 12.2. The molecule has 3 unspecified atom stereocenters. The van der Waals surface area contributed by atoms with Gasteiger partial charge in [0.25, 0.3) is 0 Å². The van der Waals surface area contributed by atoms with Crippen molar-refractivity contribution < 1.29 is 0 Å². The summed E-state index contributed by atoms with van der Waals surface area (Å²) in [7, 11) is 2.03. The van der Waals surface area contributed by atoms with Crippen molar-refractivity contribution in [1.29, 1.82) is 0 Å². The molecule has 0 radical (unpaired) electrons. The smallest absolute Gasteiger partial charge is 0.149 e. The average molecular weight is 290 g/mol. The van der Waals surface area contributed by atoms with Gasteiger partial charge < -0.3 is 9.88 Å². The van der Waals surface area contributed by atoms with E-state index in [0.29, 0.717) is 12.1 Å². The second kappa shape index (κ2) is 6.91. The molecule has 4 heteroatoms. The Morgan fingerprint density at radius 3 is 2.52 bits per heavy atom. The van der Waals surface area contributed by atoms with E-state index in [1.165, 1.54) is 57.8 Å². The minimum absolute atomic E-state index is 0.298. The zero-order valence-electron chi connectivity index (χ0n) is 13.6. The van der Waals surface area contributed by atoms with Gasteiger partial charge in [-0.2, -0.15) is 0 Å². The minimum Gasteiger partial charge on any atom is -0.319 e. The molecule has 0 bridgehead atoms. The van der Waals surface area contributed by atoms with Crippen LogP contribution in [0.15, 0.2) is 6.33 Å². The van der Waals surface area contributed by atoms with Crippen molar-refractivity contribution in [1.82, 2.24) is 20.1 Å². The van der Waals surface area contributed by atoms with Gasteiger partial charge in [-0.05, 0) is 31.6 Å². The van der Waals surface area contributed by atoms with Crippen LogP contribution in [-0.4, -0.2) is 20.8 Å². The third-order valence-corrected chi connectivity index (χ3v) is 5.67. The van der Waals surface area contributed by atoms with Crippen LogP contribution < -0.4 is 5.32 Å². The second-order valence-corrected chi connectivity index (χ2v) is 7.14. The summed E-state index contributed by atoms with van der Waals surface area (Å²) in [6.07, 6.45) is 14.6. The van der Waals surface area contributed by atoms with Crippen molar-refractivity contribution >= 4 is 0 Å². The lowest BCUT2D eigenvalue weighted by Crippen LogP contribution is -2.43. The van der Waals surface area contributed by atoms with Gasteiger partial charge in [-0.1, -0.05) is 44.9 Å². The van der Waals surface area contributed by atoms with Crippen LogP contribution in [0.3, 0.4) is 0 Å². The summed E-state index contributed by atoms with van der Waals surface area (Å²) in [6.45, 7) is 2.23. The number of hydrogen-bond donors (Lipinski definition) is 1. The van der Waals surface area contributed by atoms with E-state index in [4.69, 9.17) is 0 Å². The van der Waals surface area contributed by atoms with Crippen LogP contribution in [0.1, 0.15) is 76.6 Å². The summed E-state index contributed by atoms with van der Waals surface area (Å²) < 4.78 is 2.04. The third kappa shape index (κ3) is 3.47. The molecule has 1 aromatic heterocycles. The standard InChI is InChI=1S/C17H30N4/c1-13(17-20-18-12-21(17)2)19-16-11-7-6-10-15(16)14-8-4-3-5-9-14/h12-16,19H,3-11H2,1-2H3. The molecule has 118 valence electrons. The highest BCUT2D eigenvalue weighted by atomic mass is 15.3. The van der Waals surface area contributed by atoms with Gasteiger partial charge >= 0.3 is 0 Å². The molecule has 2 fully saturated rings. The van der Waals surface area contributed by atoms with Gasteiger partial charge in [-0.3, -0.25) is 0 Å². The topological polar surface area (TPSA) is 42.7 Å². The van der Waals surface area contributed by atoms with Crippen molar-refractivity contribution in [3.63, 3.8) is 0 Å². The maximum Gasteiger partial charge on any atom is 0.149 e. The van der Waals surface area contributed by atoms with Crippen molar-refractivity contribution in [2.45, 2.75) is 76.8 Å². The second-order valence-electron chi connectivity index (χ2n) is 7.14. The van der Waals surface area contributed by atoms with E-state index >= 15 is 0 Å². The first-order valence-corrected chi connectivity index (χ1v) is 8.85. The molecular weight excluding hydrogens is 260 g/mol. The molecule has 0 spiro atoms. The third-order valence-electron chi connectivity index (χ3n) is 5.67. The highest BCUT2D eigenvalue weighted by molar-refractivity contribution is 4.96. The van der Waals surface area contributed by atoms with Crippen LogP contribution in [0.25, 0.3) is 0 Å². The zero-order valence-corrected chi connectivity index (χ0v) is 13.6. The monoisotopic (exact) mass is 290 g/mol. The van der Waals surface area contributed by atoms with Gasteiger partial charge in [0.05, 0.1) is 6.04 Å². The summed E-state index contributed by atoms with van der Waals surface area (Å²) in [6, 6.07) is 0.972. The van der Waals surface area contributed by atoms with Gasteiger partial charge in [-0.25, -0.2) is 0 Å². The van der Waals surface area contributed by atoms with Crippen molar-refractivity contribution in [3.8, 4) is 0 Å². The first-order valence-electron chi connectivity index (χ1n) is 8.85. The molecule has 2 aliphatic rings. The highest BCUT2D eigenvalue weighted by Crippen LogP contribution is 2.39. The van der Waals surface area contributed by atoms with Crippen molar-refractivity contribution in [2.75, 3.05) is 0 Å². The molecule has 4 nitrogen and oxygen atoms in total. The molecule has 2 saturated carbocycles. The maximum absolute atomic E-state index is 4.27. The van der Waals surface area contributed by atoms with Crippen molar-refractivity contribution in [3.05, 3.63) is 12.2 Å². The molecule has 3 atom stereocenters. The number of nitrogens with zero attached hydrogens (tertiary/aromatic N) is 3. The summed E-state index contributed by atoms with van der Waals surface area (Å²) in [5.74, 6) is 2.90. The number of aryl methyl sites for hydroxylation is 1. The molecule has 0 saturated heterocycles. The van der Waals surface area contributed by atoms with E-state index in [1.54, 1.807) is 6.33 Å². The minimum atomic E-state index is 0.298. The largest absolute Gasteiger partial charge is 0.319 e. The van der Waals surface area contributed by atoms with Crippen LogP contribution in [-0.2, 0) is 7.05 Å². The molecule has 0 aliphatic heterocycles. The summed E-state index contributed by atoms with van der Waals surface area (Å²) in [4.78, 5) is 0. The lowest BCUT2D eigenvalue weighted by atomic mass is 9.71. The molecule has 0 amide bonds. The fourth-order valence-electron chi connectivity index (χ4n) is 4.57. The van der Waals surface area contributed by atoms with Gasteiger partial charge in [0.2, 0.25) is 0 Å². The Kier molecular flexibility index (Phi) is 4.94. The Hall–Kier alpha value is -0.900. The number of rotatable bonds is 4. The quantitative estimate of drug-likeness (QED) is 0.921. The molecule has 3 rings (SSSR count). The van der Waals surface area contributed by atoms with E-state index < -0.39 is 0 Å². The van der Waals surface area contributed by atoms with E-state index in [2.05, 4.69) is 22.4 Å². The van der Waals surface area contributed by atoms with Crippen LogP contribution >= 0.6 is 0 Å². The number of hydrogen-bond acceptors (Lipinski definition) is 3. The van der Waals surface area contributed by atoms with Crippen LogP contribution in [0.5, 0.6) is 0 Å². The van der Waals surface area contributed by atoms with Crippen molar-refractivity contribution in [2.24, 2.45) is 18.9 Å². The fourth-order valence-corrected chi connectivity index (χ4v) is 4.57. The summed E-state index contributed by atoms with van der Waals surface area (Å²) >= 11 is 0. The predicted molar refractivity (Wildman–Crippen MR) is 84.9 cm³/mol. The SMILES string of the molecule is CC(NC1CCCCC1C1CCCCC1)c1nncn1C. The van der Waals surface area contributed by atoms with E-state index in [1.807, 2.05) is 11.6 Å². The van der Waals surface area contributed by atoms with Gasteiger partial charge in [0.15, 0.2) is 0 Å². The Bertz CT molecular complexity index is 436. The van der Waals surface area contributed by atoms with Gasteiger partial charge in [0, 0.05) is 13.1 Å². The Balaban J connectivity index is 1.65. The molecule has 1 N–H and O–H groups in total. The van der Waals surface area contributed by atoms with E-state index in [0.717, 1.165) is 17.7 Å². The Morgan fingerprint density at radius 1 is 1.10 bits per heavy atom. The Morgan fingerprint density at radius 2 is 1.81 bits per heavy atom. The number of nitrogens with one attached hydrogen (secondary N) is 1. The number of aromatic nitrogens is 3. The van der Waals surface area contributed by atoms with Crippen LogP contribution in [0, 0.1) is 11.8 Å². The molecule has 1 aromatic rings. The van der Waals surface area contributed by atoms with E-state index in [9.17, 15) is 0 Å². The zero-order chi connectivity index (χ0) is 14.7. The normalized spacial score (nSPS) is 29.4. The molecular formula is C17H30N4. The highest BCUT2D eigenvalue weighted by Gasteiger charge is 2.33. The predicted octanol–water partition coefficient (Wildman–Crippen LogP) is 3.60. The van der Waals surface area contributed by atoms with E-state index in [-0.39, 0.29) is 0 Å². The molecule has 21 heavy (non-hydrogen) atoms. The maximum atomic E-state index is 4.27. The van der Waals surface area contributed by atoms with Gasteiger partial charge in [-0.15, -0.1) is 10.2 Å². The first kappa shape index (κ1) is 15.0. The lowest BCUT2D eigenvalue weighted by Gasteiger charge is -2.40. The van der Waals surface area contributed by atoms with Gasteiger partial charge in [0.1, 0.15) is 12.2 Å². The van der Waals surface area contributed by atoms with Crippen LogP contribution in [0.2, 0.25) is 0 Å². The Labute approximate surface area is 128 Å². The first-order chi connectivity index (χ1) is 10.3. The lowest BCUT2D eigenvalue weighted by molar-refractivity contribution is 0.142.